The van der Waals surface area contributed by atoms with E-state index in [0.29, 0.717) is 23.8 Å². The van der Waals surface area contributed by atoms with Gasteiger partial charge in [-0.1, -0.05) is 37.3 Å². The van der Waals surface area contributed by atoms with E-state index in [9.17, 15) is 8.78 Å². The fourth-order valence-corrected chi connectivity index (χ4v) is 2.62. The summed E-state index contributed by atoms with van der Waals surface area (Å²) in [6.45, 7) is 2.63. The summed E-state index contributed by atoms with van der Waals surface area (Å²) in [5, 5.41) is 0. The molecular formula is C22H22F2N2O2. The second kappa shape index (κ2) is 8.78. The Kier molecular flexibility index (Phi) is 6.19. The molecule has 0 fully saturated rings. The van der Waals surface area contributed by atoms with E-state index >= 15 is 0 Å². The van der Waals surface area contributed by atoms with E-state index in [1.165, 1.54) is 6.20 Å². The largest absolute Gasteiger partial charge is 0.487 e. The van der Waals surface area contributed by atoms with Crippen LogP contribution in [-0.4, -0.2) is 22.5 Å². The Balaban J connectivity index is 1.71. The molecule has 146 valence electrons. The molecule has 0 N–H and O–H groups in total. The van der Waals surface area contributed by atoms with Crippen LogP contribution in [0.4, 0.5) is 8.78 Å². The maximum Gasteiger partial charge on any atom is 0.278 e. The molecule has 0 aliphatic carbocycles. The number of pyridine rings is 2. The molecular weight excluding hydrogens is 362 g/mol. The topological polar surface area (TPSA) is 44.2 Å². The summed E-state index contributed by atoms with van der Waals surface area (Å²) < 4.78 is 36.7. The van der Waals surface area contributed by atoms with Gasteiger partial charge in [-0.25, -0.2) is 8.78 Å². The van der Waals surface area contributed by atoms with Crippen molar-refractivity contribution >= 4 is 0 Å². The maximum atomic E-state index is 12.9. The maximum absolute atomic E-state index is 12.9. The van der Waals surface area contributed by atoms with Gasteiger partial charge in [0.2, 0.25) is 0 Å². The third kappa shape index (κ3) is 5.49. The summed E-state index contributed by atoms with van der Waals surface area (Å²) >= 11 is 0. The number of hydrogen-bond acceptors (Lipinski definition) is 4. The Bertz CT molecular complexity index is 895. The Morgan fingerprint density at radius 2 is 1.68 bits per heavy atom. The summed E-state index contributed by atoms with van der Waals surface area (Å²) in [5.41, 5.74) is 3.47. The molecule has 3 rings (SSSR count). The molecule has 0 bridgehead atoms. The molecule has 2 heterocycles. The van der Waals surface area contributed by atoms with Crippen LogP contribution in [-0.2, 0) is 13.0 Å². The molecule has 2 aromatic heterocycles. The minimum Gasteiger partial charge on any atom is -0.487 e. The van der Waals surface area contributed by atoms with Gasteiger partial charge >= 0.3 is 0 Å². The zero-order valence-electron chi connectivity index (χ0n) is 15.9. The summed E-state index contributed by atoms with van der Waals surface area (Å²) in [7, 11) is 0. The van der Waals surface area contributed by atoms with E-state index in [0.717, 1.165) is 30.2 Å². The molecule has 0 atom stereocenters. The number of halogens is 2. The van der Waals surface area contributed by atoms with Crippen molar-refractivity contribution in [2.45, 2.75) is 32.8 Å². The fourth-order valence-electron chi connectivity index (χ4n) is 2.62. The molecule has 0 amide bonds. The standard InChI is InChI=1S/C22H22F2N2O2/c1-3-17-11-19(27-14-16-7-5-4-6-8-16)13-26-21(17)20-10-9-18(12-25-20)28-15-22(2,23)24/h4-13H,3,14-15H2,1-2H3. The normalized spacial score (nSPS) is 11.3. The lowest BCUT2D eigenvalue weighted by molar-refractivity contribution is -0.0230. The predicted molar refractivity (Wildman–Crippen MR) is 104 cm³/mol. The number of nitrogens with zero attached hydrogens (tertiary/aromatic N) is 2. The molecule has 0 radical (unpaired) electrons. The smallest absolute Gasteiger partial charge is 0.278 e. The minimum atomic E-state index is -2.88. The zero-order chi connectivity index (χ0) is 20.0. The first kappa shape index (κ1) is 19.7. The highest BCUT2D eigenvalue weighted by atomic mass is 19.3. The van der Waals surface area contributed by atoms with Crippen LogP contribution in [0.25, 0.3) is 11.4 Å². The SMILES string of the molecule is CCc1cc(OCc2ccccc2)cnc1-c1ccc(OCC(C)(F)F)cn1. The molecule has 0 saturated heterocycles. The van der Waals surface area contributed by atoms with E-state index < -0.39 is 12.5 Å². The van der Waals surface area contributed by atoms with E-state index in [1.54, 1.807) is 18.3 Å². The van der Waals surface area contributed by atoms with Gasteiger partial charge in [0.1, 0.15) is 18.1 Å². The molecule has 0 spiro atoms. The van der Waals surface area contributed by atoms with Gasteiger partial charge in [-0.05, 0) is 35.7 Å². The van der Waals surface area contributed by atoms with Gasteiger partial charge < -0.3 is 9.47 Å². The Morgan fingerprint density at radius 3 is 2.32 bits per heavy atom. The third-order valence-electron chi connectivity index (χ3n) is 4.04. The lowest BCUT2D eigenvalue weighted by atomic mass is 10.1. The average Bonchev–Trinajstić information content (AvgIpc) is 2.71. The molecule has 28 heavy (non-hydrogen) atoms. The van der Waals surface area contributed by atoms with Crippen LogP contribution >= 0.6 is 0 Å². The van der Waals surface area contributed by atoms with Crippen LogP contribution in [0.2, 0.25) is 0 Å². The van der Waals surface area contributed by atoms with E-state index in [4.69, 9.17) is 9.47 Å². The monoisotopic (exact) mass is 384 g/mol. The van der Waals surface area contributed by atoms with Crippen LogP contribution in [0.15, 0.2) is 60.9 Å². The van der Waals surface area contributed by atoms with Crippen molar-refractivity contribution in [3.05, 3.63) is 72.1 Å². The fraction of sp³-hybridized carbons (Fsp3) is 0.273. The van der Waals surface area contributed by atoms with Crippen molar-refractivity contribution in [1.29, 1.82) is 0 Å². The van der Waals surface area contributed by atoms with E-state index in [2.05, 4.69) is 9.97 Å². The van der Waals surface area contributed by atoms with Gasteiger partial charge in [-0.15, -0.1) is 0 Å². The zero-order valence-corrected chi connectivity index (χ0v) is 15.9. The summed E-state index contributed by atoms with van der Waals surface area (Å²) in [6, 6.07) is 15.2. The van der Waals surface area contributed by atoms with Gasteiger partial charge in [0.15, 0.2) is 6.61 Å². The second-order valence-electron chi connectivity index (χ2n) is 6.54. The highest BCUT2D eigenvalue weighted by Crippen LogP contribution is 2.26. The molecule has 0 aliphatic heterocycles. The minimum absolute atomic E-state index is 0.297. The predicted octanol–water partition coefficient (Wildman–Crippen LogP) is 5.32. The van der Waals surface area contributed by atoms with E-state index in [-0.39, 0.29) is 0 Å². The molecule has 6 heteroatoms. The number of aryl methyl sites for hydroxylation is 1. The average molecular weight is 384 g/mol. The van der Waals surface area contributed by atoms with Crippen molar-refractivity contribution in [1.82, 2.24) is 9.97 Å². The number of rotatable bonds is 8. The molecule has 1 aromatic carbocycles. The first-order valence-electron chi connectivity index (χ1n) is 9.07. The third-order valence-corrected chi connectivity index (χ3v) is 4.04. The number of hydrogen-bond donors (Lipinski definition) is 0. The van der Waals surface area contributed by atoms with Gasteiger partial charge in [0.05, 0.1) is 23.8 Å². The summed E-state index contributed by atoms with van der Waals surface area (Å²) in [5.74, 6) is -1.90. The van der Waals surface area contributed by atoms with Gasteiger partial charge in [0.25, 0.3) is 5.92 Å². The van der Waals surface area contributed by atoms with Gasteiger partial charge in [0, 0.05) is 6.92 Å². The van der Waals surface area contributed by atoms with Crippen LogP contribution < -0.4 is 9.47 Å². The summed E-state index contributed by atoms with van der Waals surface area (Å²) in [4.78, 5) is 8.81. The van der Waals surface area contributed by atoms with Crippen LogP contribution in [0.1, 0.15) is 25.0 Å². The highest BCUT2D eigenvalue weighted by molar-refractivity contribution is 5.60. The van der Waals surface area contributed by atoms with Gasteiger partial charge in [-0.3, -0.25) is 9.97 Å². The van der Waals surface area contributed by atoms with Gasteiger partial charge in [-0.2, -0.15) is 0 Å². The molecule has 4 nitrogen and oxygen atoms in total. The number of benzene rings is 1. The Morgan fingerprint density at radius 1 is 0.929 bits per heavy atom. The van der Waals surface area contributed by atoms with Crippen LogP contribution in [0.3, 0.4) is 0 Å². The molecule has 0 saturated carbocycles. The second-order valence-corrected chi connectivity index (χ2v) is 6.54. The summed E-state index contributed by atoms with van der Waals surface area (Å²) in [6.07, 6.45) is 3.86. The lowest BCUT2D eigenvalue weighted by Crippen LogP contribution is -2.20. The van der Waals surface area contributed by atoms with E-state index in [1.807, 2.05) is 43.3 Å². The number of ether oxygens (including phenoxy) is 2. The first-order valence-corrected chi connectivity index (χ1v) is 9.07. The van der Waals surface area contributed by atoms with Crippen LogP contribution in [0.5, 0.6) is 11.5 Å². The highest BCUT2D eigenvalue weighted by Gasteiger charge is 2.22. The van der Waals surface area contributed by atoms with Crippen LogP contribution in [0, 0.1) is 0 Å². The lowest BCUT2D eigenvalue weighted by Gasteiger charge is -2.13. The quantitative estimate of drug-likeness (QED) is 0.527. The molecule has 0 unspecified atom stereocenters. The number of alkyl halides is 2. The van der Waals surface area contributed by atoms with Crippen molar-refractivity contribution in [3.8, 4) is 22.9 Å². The Hall–Kier alpha value is -3.02. The Labute approximate surface area is 163 Å². The van der Waals surface area contributed by atoms with Crippen molar-refractivity contribution in [2.24, 2.45) is 0 Å². The van der Waals surface area contributed by atoms with Crippen molar-refractivity contribution < 1.29 is 18.3 Å². The van der Waals surface area contributed by atoms with Crippen molar-refractivity contribution in [2.75, 3.05) is 6.61 Å². The number of aromatic nitrogens is 2. The molecule has 3 aromatic rings. The van der Waals surface area contributed by atoms with Crippen molar-refractivity contribution in [3.63, 3.8) is 0 Å². The first-order chi connectivity index (χ1) is 13.4. The molecule has 0 aliphatic rings.